The minimum absolute atomic E-state index is 0.155. The molecule has 2 nitrogen and oxygen atoms in total. The molecule has 0 heterocycles. The van der Waals surface area contributed by atoms with Crippen LogP contribution >= 0.6 is 0 Å². The van der Waals surface area contributed by atoms with Gasteiger partial charge in [-0.15, -0.1) is 0 Å². The van der Waals surface area contributed by atoms with E-state index in [9.17, 15) is 18.0 Å². The summed E-state index contributed by atoms with van der Waals surface area (Å²) in [6, 6.07) is 0. The predicted molar refractivity (Wildman–Crippen MR) is 41.3 cm³/mol. The topological polar surface area (TPSA) is 29.1 Å². The average molecular weight is 195 g/mol. The molecule has 0 aromatic rings. The third-order valence-electron chi connectivity index (χ3n) is 2.22. The fourth-order valence-electron chi connectivity index (χ4n) is 1.49. The molecule has 1 aliphatic carbocycles. The molecule has 1 amide bonds. The van der Waals surface area contributed by atoms with Crippen LogP contribution in [0.1, 0.15) is 25.7 Å². The zero-order chi connectivity index (χ0) is 9.90. The summed E-state index contributed by atoms with van der Waals surface area (Å²) in [4.78, 5) is 11.1. The zero-order valence-electron chi connectivity index (χ0n) is 7.16. The molecular weight excluding hydrogens is 183 g/mol. The third-order valence-corrected chi connectivity index (χ3v) is 2.22. The second-order valence-corrected chi connectivity index (χ2v) is 3.27. The first-order valence-corrected chi connectivity index (χ1v) is 4.30. The lowest BCUT2D eigenvalue weighted by atomic mass is 10.0. The highest BCUT2D eigenvalue weighted by molar-refractivity contribution is 5.85. The van der Waals surface area contributed by atoms with Crippen molar-refractivity contribution in [1.29, 1.82) is 0 Å². The number of amides is 1. The van der Waals surface area contributed by atoms with Gasteiger partial charge in [-0.2, -0.15) is 0 Å². The van der Waals surface area contributed by atoms with Gasteiger partial charge in [0.05, 0.1) is 6.54 Å². The van der Waals surface area contributed by atoms with E-state index in [1.54, 1.807) is 0 Å². The van der Waals surface area contributed by atoms with Crippen LogP contribution in [0.3, 0.4) is 0 Å². The molecule has 1 fully saturated rings. The lowest BCUT2D eigenvalue weighted by molar-refractivity contribution is -0.133. The first kappa shape index (κ1) is 10.3. The van der Waals surface area contributed by atoms with E-state index in [1.165, 1.54) is 0 Å². The number of rotatable bonds is 3. The van der Waals surface area contributed by atoms with Gasteiger partial charge in [0.1, 0.15) is 0 Å². The number of carbonyl (C=O) groups excluding carboxylic acids is 1. The van der Waals surface area contributed by atoms with Gasteiger partial charge in [0.15, 0.2) is 5.67 Å². The molecule has 0 aromatic carbocycles. The molecule has 0 unspecified atom stereocenters. The second-order valence-electron chi connectivity index (χ2n) is 3.27. The maximum Gasteiger partial charge on any atom is 0.257 e. The standard InChI is InChI=1S/C8H12F3NO/c9-6(10)5-12-7(13)8(11)3-1-2-4-8/h6H,1-5H2,(H,12,13). The van der Waals surface area contributed by atoms with Crippen molar-refractivity contribution in [3.05, 3.63) is 0 Å². The number of halogens is 3. The summed E-state index contributed by atoms with van der Waals surface area (Å²) in [7, 11) is 0. The van der Waals surface area contributed by atoms with Gasteiger partial charge in [0.25, 0.3) is 12.3 Å². The van der Waals surface area contributed by atoms with Gasteiger partial charge < -0.3 is 5.32 Å². The van der Waals surface area contributed by atoms with Gasteiger partial charge in [-0.3, -0.25) is 4.79 Å². The van der Waals surface area contributed by atoms with Crippen molar-refractivity contribution in [3.63, 3.8) is 0 Å². The Bertz CT molecular complexity index is 190. The van der Waals surface area contributed by atoms with Crippen molar-refractivity contribution < 1.29 is 18.0 Å². The Morgan fingerprint density at radius 2 is 1.92 bits per heavy atom. The second kappa shape index (κ2) is 3.98. The van der Waals surface area contributed by atoms with Crippen LogP contribution in [0.4, 0.5) is 13.2 Å². The quantitative estimate of drug-likeness (QED) is 0.728. The maximum atomic E-state index is 13.5. The normalized spacial score (nSPS) is 20.6. The monoisotopic (exact) mass is 195 g/mol. The van der Waals surface area contributed by atoms with E-state index in [-0.39, 0.29) is 12.8 Å². The van der Waals surface area contributed by atoms with Crippen molar-refractivity contribution in [2.24, 2.45) is 0 Å². The van der Waals surface area contributed by atoms with Crippen LogP contribution in [-0.2, 0) is 4.79 Å². The fourth-order valence-corrected chi connectivity index (χ4v) is 1.49. The number of hydrogen-bond acceptors (Lipinski definition) is 1. The highest BCUT2D eigenvalue weighted by Gasteiger charge is 2.41. The van der Waals surface area contributed by atoms with E-state index < -0.39 is 24.5 Å². The van der Waals surface area contributed by atoms with E-state index in [0.29, 0.717) is 12.8 Å². The van der Waals surface area contributed by atoms with Crippen LogP contribution in [0.5, 0.6) is 0 Å². The highest BCUT2D eigenvalue weighted by Crippen LogP contribution is 2.33. The zero-order valence-corrected chi connectivity index (χ0v) is 7.16. The Kier molecular flexibility index (Phi) is 3.17. The van der Waals surface area contributed by atoms with Gasteiger partial charge in [-0.1, -0.05) is 0 Å². The molecule has 5 heteroatoms. The Hall–Kier alpha value is -0.740. The maximum absolute atomic E-state index is 13.5. The summed E-state index contributed by atoms with van der Waals surface area (Å²) >= 11 is 0. The number of nitrogens with one attached hydrogen (secondary N) is 1. The van der Waals surface area contributed by atoms with E-state index in [4.69, 9.17) is 0 Å². The minimum atomic E-state index is -2.62. The Morgan fingerprint density at radius 3 is 2.38 bits per heavy atom. The average Bonchev–Trinajstić information content (AvgIpc) is 2.49. The van der Waals surface area contributed by atoms with E-state index >= 15 is 0 Å². The minimum Gasteiger partial charge on any atom is -0.348 e. The largest absolute Gasteiger partial charge is 0.348 e. The summed E-state index contributed by atoms with van der Waals surface area (Å²) in [5, 5.41) is 1.90. The molecule has 1 aliphatic rings. The van der Waals surface area contributed by atoms with Gasteiger partial charge >= 0.3 is 0 Å². The summed E-state index contributed by atoms with van der Waals surface area (Å²) < 4.78 is 36.8. The molecule has 1 rings (SSSR count). The Labute approximate surface area is 74.5 Å². The smallest absolute Gasteiger partial charge is 0.257 e. The van der Waals surface area contributed by atoms with Gasteiger partial charge in [0, 0.05) is 0 Å². The molecule has 13 heavy (non-hydrogen) atoms. The van der Waals surface area contributed by atoms with Crippen molar-refractivity contribution in [1.82, 2.24) is 5.32 Å². The molecule has 1 N–H and O–H groups in total. The van der Waals surface area contributed by atoms with Gasteiger partial charge in [-0.25, -0.2) is 13.2 Å². The lowest BCUT2D eigenvalue weighted by Crippen LogP contribution is -2.43. The lowest BCUT2D eigenvalue weighted by Gasteiger charge is -2.17. The first-order chi connectivity index (χ1) is 6.04. The van der Waals surface area contributed by atoms with E-state index in [0.717, 1.165) is 0 Å². The van der Waals surface area contributed by atoms with Crippen LogP contribution in [-0.4, -0.2) is 24.5 Å². The predicted octanol–water partition coefficient (Wildman–Crippen LogP) is 1.65. The molecule has 0 aromatic heterocycles. The first-order valence-electron chi connectivity index (χ1n) is 4.30. The fraction of sp³-hybridized carbons (Fsp3) is 0.875. The van der Waals surface area contributed by atoms with Crippen LogP contribution in [0, 0.1) is 0 Å². The molecule has 1 saturated carbocycles. The van der Waals surface area contributed by atoms with Gasteiger partial charge in [-0.05, 0) is 25.7 Å². The molecule has 0 bridgehead atoms. The molecule has 0 spiro atoms. The number of hydrogen-bond donors (Lipinski definition) is 1. The summed E-state index contributed by atoms with van der Waals surface area (Å²) in [5.41, 5.74) is -1.89. The molecule has 0 aliphatic heterocycles. The number of alkyl halides is 3. The van der Waals surface area contributed by atoms with Crippen LogP contribution in [0.15, 0.2) is 0 Å². The van der Waals surface area contributed by atoms with Gasteiger partial charge in [0.2, 0.25) is 0 Å². The molecule has 76 valence electrons. The highest BCUT2D eigenvalue weighted by atomic mass is 19.3. The van der Waals surface area contributed by atoms with Crippen molar-refractivity contribution >= 4 is 5.91 Å². The summed E-state index contributed by atoms with van der Waals surface area (Å²) in [6.45, 7) is -0.759. The number of carbonyl (C=O) groups is 1. The Morgan fingerprint density at radius 1 is 1.38 bits per heavy atom. The van der Waals surface area contributed by atoms with E-state index in [2.05, 4.69) is 0 Å². The van der Waals surface area contributed by atoms with Crippen LogP contribution < -0.4 is 5.32 Å². The molecule has 0 saturated heterocycles. The van der Waals surface area contributed by atoms with Crippen molar-refractivity contribution in [2.45, 2.75) is 37.8 Å². The molecule has 0 atom stereocenters. The summed E-state index contributed by atoms with van der Waals surface area (Å²) in [5.74, 6) is -0.884. The van der Waals surface area contributed by atoms with Crippen molar-refractivity contribution in [3.8, 4) is 0 Å². The van der Waals surface area contributed by atoms with Crippen molar-refractivity contribution in [2.75, 3.05) is 6.54 Å². The third kappa shape index (κ3) is 2.60. The van der Waals surface area contributed by atoms with Crippen LogP contribution in [0.25, 0.3) is 0 Å². The SMILES string of the molecule is O=C(NCC(F)F)C1(F)CCCC1. The molecule has 0 radical (unpaired) electrons. The van der Waals surface area contributed by atoms with Crippen LogP contribution in [0.2, 0.25) is 0 Å². The summed E-state index contributed by atoms with van der Waals surface area (Å²) in [6.07, 6.45) is -1.00. The molecular formula is C8H12F3NO. The van der Waals surface area contributed by atoms with E-state index in [1.807, 2.05) is 5.32 Å². The Balaban J connectivity index is 2.38.